The summed E-state index contributed by atoms with van der Waals surface area (Å²) in [6.07, 6.45) is 2.23. The monoisotopic (exact) mass is 263 g/mol. The molecule has 0 heterocycles. The van der Waals surface area contributed by atoms with Crippen LogP contribution < -0.4 is 10.1 Å². The Kier molecular flexibility index (Phi) is 6.40. The Balaban J connectivity index is 2.25. The van der Waals surface area contributed by atoms with Crippen molar-refractivity contribution < 1.29 is 9.53 Å². The molecular formula is C16H25NO2. The number of benzene rings is 1. The average Bonchev–Trinajstić information content (AvgIpc) is 2.36. The summed E-state index contributed by atoms with van der Waals surface area (Å²) in [5.74, 6) is 1.02. The maximum Gasteiger partial charge on any atom is 0.220 e. The molecular weight excluding hydrogens is 238 g/mol. The molecule has 0 aliphatic heterocycles. The molecule has 0 aromatic heterocycles. The van der Waals surface area contributed by atoms with Crippen molar-refractivity contribution in [1.82, 2.24) is 5.32 Å². The SMILES string of the molecule is CCC(C)NC(=O)CCCOc1ccc(C)cc1C. The lowest BCUT2D eigenvalue weighted by Crippen LogP contribution is -2.31. The third-order valence-corrected chi connectivity index (χ3v) is 3.16. The van der Waals surface area contributed by atoms with E-state index in [0.717, 1.165) is 24.2 Å². The van der Waals surface area contributed by atoms with Crippen molar-refractivity contribution in [3.05, 3.63) is 29.3 Å². The van der Waals surface area contributed by atoms with Crippen molar-refractivity contribution in [2.24, 2.45) is 0 Å². The van der Waals surface area contributed by atoms with Gasteiger partial charge in [0.25, 0.3) is 0 Å². The second-order valence-corrected chi connectivity index (χ2v) is 5.10. The van der Waals surface area contributed by atoms with Gasteiger partial charge in [-0.25, -0.2) is 0 Å². The molecule has 1 aromatic rings. The van der Waals surface area contributed by atoms with Gasteiger partial charge in [0.15, 0.2) is 0 Å². The highest BCUT2D eigenvalue weighted by Gasteiger charge is 2.05. The molecule has 1 unspecified atom stereocenters. The Morgan fingerprint density at radius 2 is 2.11 bits per heavy atom. The van der Waals surface area contributed by atoms with E-state index in [-0.39, 0.29) is 11.9 Å². The normalized spacial score (nSPS) is 12.0. The fourth-order valence-corrected chi connectivity index (χ4v) is 1.83. The van der Waals surface area contributed by atoms with Crippen LogP contribution >= 0.6 is 0 Å². The van der Waals surface area contributed by atoms with E-state index < -0.39 is 0 Å². The molecule has 1 amide bonds. The van der Waals surface area contributed by atoms with E-state index in [1.54, 1.807) is 0 Å². The molecule has 1 N–H and O–H groups in total. The molecule has 3 nitrogen and oxygen atoms in total. The zero-order valence-corrected chi connectivity index (χ0v) is 12.5. The summed E-state index contributed by atoms with van der Waals surface area (Å²) in [6.45, 7) is 8.77. The van der Waals surface area contributed by atoms with Gasteiger partial charge in [0.05, 0.1) is 6.61 Å². The molecule has 0 aliphatic rings. The summed E-state index contributed by atoms with van der Waals surface area (Å²) >= 11 is 0. The number of ether oxygens (including phenoxy) is 1. The Hall–Kier alpha value is -1.51. The number of nitrogens with one attached hydrogen (secondary N) is 1. The molecule has 3 heteroatoms. The van der Waals surface area contributed by atoms with Gasteiger partial charge in [-0.15, -0.1) is 0 Å². The van der Waals surface area contributed by atoms with Gasteiger partial charge in [0.2, 0.25) is 5.91 Å². The summed E-state index contributed by atoms with van der Waals surface area (Å²) in [7, 11) is 0. The molecule has 0 radical (unpaired) electrons. The summed E-state index contributed by atoms with van der Waals surface area (Å²) in [6, 6.07) is 6.39. The van der Waals surface area contributed by atoms with Crippen LogP contribution in [0.5, 0.6) is 5.75 Å². The van der Waals surface area contributed by atoms with Crippen LogP contribution in [-0.4, -0.2) is 18.6 Å². The number of aryl methyl sites for hydroxylation is 2. The first-order chi connectivity index (χ1) is 9.02. The van der Waals surface area contributed by atoms with Gasteiger partial charge in [0, 0.05) is 12.5 Å². The van der Waals surface area contributed by atoms with E-state index >= 15 is 0 Å². The second kappa shape index (κ2) is 7.82. The number of carbonyl (C=O) groups is 1. The smallest absolute Gasteiger partial charge is 0.220 e. The van der Waals surface area contributed by atoms with Gasteiger partial charge < -0.3 is 10.1 Å². The highest BCUT2D eigenvalue weighted by atomic mass is 16.5. The molecule has 0 saturated carbocycles. The Morgan fingerprint density at radius 1 is 1.37 bits per heavy atom. The van der Waals surface area contributed by atoms with Crippen LogP contribution in [0.2, 0.25) is 0 Å². The Morgan fingerprint density at radius 3 is 2.74 bits per heavy atom. The fraction of sp³-hybridized carbons (Fsp3) is 0.562. The molecule has 1 atom stereocenters. The van der Waals surface area contributed by atoms with Crippen LogP contribution in [0.15, 0.2) is 18.2 Å². The number of amides is 1. The van der Waals surface area contributed by atoms with Gasteiger partial charge in [-0.2, -0.15) is 0 Å². The quantitative estimate of drug-likeness (QED) is 0.766. The Labute approximate surface area is 116 Å². The zero-order chi connectivity index (χ0) is 14.3. The van der Waals surface area contributed by atoms with Gasteiger partial charge >= 0.3 is 0 Å². The number of hydrogen-bond donors (Lipinski definition) is 1. The minimum absolute atomic E-state index is 0.110. The molecule has 0 fully saturated rings. The highest BCUT2D eigenvalue weighted by molar-refractivity contribution is 5.76. The zero-order valence-electron chi connectivity index (χ0n) is 12.5. The highest BCUT2D eigenvalue weighted by Crippen LogP contribution is 2.18. The van der Waals surface area contributed by atoms with Crippen molar-refractivity contribution in [1.29, 1.82) is 0 Å². The third-order valence-electron chi connectivity index (χ3n) is 3.16. The van der Waals surface area contributed by atoms with Crippen LogP contribution in [0, 0.1) is 13.8 Å². The van der Waals surface area contributed by atoms with Crippen LogP contribution in [-0.2, 0) is 4.79 Å². The first-order valence-electron chi connectivity index (χ1n) is 7.02. The maximum atomic E-state index is 11.6. The van der Waals surface area contributed by atoms with Gasteiger partial charge in [-0.05, 0) is 45.2 Å². The summed E-state index contributed by atoms with van der Waals surface area (Å²) in [4.78, 5) is 11.6. The molecule has 0 saturated heterocycles. The minimum Gasteiger partial charge on any atom is -0.493 e. The van der Waals surface area contributed by atoms with Gasteiger partial charge in [-0.3, -0.25) is 4.79 Å². The molecule has 0 spiro atoms. The van der Waals surface area contributed by atoms with Crippen molar-refractivity contribution in [3.8, 4) is 5.75 Å². The summed E-state index contributed by atoms with van der Waals surface area (Å²) < 4.78 is 5.69. The van der Waals surface area contributed by atoms with Crippen molar-refractivity contribution in [2.45, 2.75) is 53.0 Å². The molecule has 19 heavy (non-hydrogen) atoms. The van der Waals surface area contributed by atoms with Crippen molar-refractivity contribution in [2.75, 3.05) is 6.61 Å². The summed E-state index contributed by atoms with van der Waals surface area (Å²) in [5, 5.41) is 2.95. The van der Waals surface area contributed by atoms with E-state index in [2.05, 4.69) is 25.2 Å². The maximum absolute atomic E-state index is 11.6. The van der Waals surface area contributed by atoms with Crippen LogP contribution in [0.1, 0.15) is 44.2 Å². The number of rotatable bonds is 7. The van der Waals surface area contributed by atoms with E-state index in [1.807, 2.05) is 26.0 Å². The third kappa shape index (κ3) is 5.77. The van der Waals surface area contributed by atoms with E-state index in [1.165, 1.54) is 5.56 Å². The van der Waals surface area contributed by atoms with E-state index in [4.69, 9.17) is 4.74 Å². The lowest BCUT2D eigenvalue weighted by atomic mass is 10.1. The Bertz CT molecular complexity index is 415. The predicted molar refractivity (Wildman–Crippen MR) is 78.5 cm³/mol. The van der Waals surface area contributed by atoms with Crippen LogP contribution in [0.3, 0.4) is 0 Å². The minimum atomic E-state index is 0.110. The first kappa shape index (κ1) is 15.5. The van der Waals surface area contributed by atoms with E-state index in [9.17, 15) is 4.79 Å². The fourth-order valence-electron chi connectivity index (χ4n) is 1.83. The molecule has 0 aliphatic carbocycles. The topological polar surface area (TPSA) is 38.3 Å². The predicted octanol–water partition coefficient (Wildman–Crippen LogP) is 3.38. The standard InChI is InChI=1S/C16H25NO2/c1-5-14(4)17-16(18)7-6-10-19-15-9-8-12(2)11-13(15)3/h8-9,11,14H,5-7,10H2,1-4H3,(H,17,18). The van der Waals surface area contributed by atoms with Crippen molar-refractivity contribution in [3.63, 3.8) is 0 Å². The molecule has 1 aromatic carbocycles. The molecule has 106 valence electrons. The largest absolute Gasteiger partial charge is 0.493 e. The van der Waals surface area contributed by atoms with Crippen molar-refractivity contribution >= 4 is 5.91 Å². The van der Waals surface area contributed by atoms with Crippen LogP contribution in [0.25, 0.3) is 0 Å². The lowest BCUT2D eigenvalue weighted by Gasteiger charge is -2.12. The first-order valence-corrected chi connectivity index (χ1v) is 7.02. The number of carbonyl (C=O) groups excluding carboxylic acids is 1. The van der Waals surface area contributed by atoms with Crippen LogP contribution in [0.4, 0.5) is 0 Å². The molecule has 0 bridgehead atoms. The van der Waals surface area contributed by atoms with Gasteiger partial charge in [-0.1, -0.05) is 24.6 Å². The summed E-state index contributed by atoms with van der Waals surface area (Å²) in [5.41, 5.74) is 2.38. The second-order valence-electron chi connectivity index (χ2n) is 5.10. The molecule has 1 rings (SSSR count). The van der Waals surface area contributed by atoms with Gasteiger partial charge in [0.1, 0.15) is 5.75 Å². The van der Waals surface area contributed by atoms with E-state index in [0.29, 0.717) is 13.0 Å². The number of hydrogen-bond acceptors (Lipinski definition) is 2. The average molecular weight is 263 g/mol. The lowest BCUT2D eigenvalue weighted by molar-refractivity contribution is -0.121.